The van der Waals surface area contributed by atoms with E-state index in [1.54, 1.807) is 0 Å². The highest BCUT2D eigenvalue weighted by Gasteiger charge is 2.31. The number of aryl methyl sites for hydroxylation is 1. The fraction of sp³-hybridized carbons (Fsp3) is 0.500. The third-order valence-electron chi connectivity index (χ3n) is 3.58. The molecular weight excluding hydrogens is 248 g/mol. The number of hydrogen-bond acceptors (Lipinski definition) is 3. The maximum Gasteiger partial charge on any atom is 0.150 e. The van der Waals surface area contributed by atoms with Gasteiger partial charge in [0.25, 0.3) is 0 Å². The standard InChI is InChI=1S/C14H18O3S/c1-11-4-2-5-12(8-11)14(9-15)13-6-3-7-18(16,17)10-13/h2,4-5,8-9,13-14H,3,6-7,10H2,1H3. The molecule has 4 heteroatoms. The Labute approximate surface area is 108 Å². The van der Waals surface area contributed by atoms with E-state index < -0.39 is 9.84 Å². The summed E-state index contributed by atoms with van der Waals surface area (Å²) in [4.78, 5) is 11.3. The molecular formula is C14H18O3S. The monoisotopic (exact) mass is 266 g/mol. The lowest BCUT2D eigenvalue weighted by Crippen LogP contribution is -2.30. The number of carbonyl (C=O) groups is 1. The molecule has 1 aromatic rings. The Hall–Kier alpha value is -1.16. The van der Waals surface area contributed by atoms with Gasteiger partial charge in [-0.3, -0.25) is 0 Å². The zero-order chi connectivity index (χ0) is 13.2. The Balaban J connectivity index is 2.26. The summed E-state index contributed by atoms with van der Waals surface area (Å²) in [6.07, 6.45) is 2.39. The van der Waals surface area contributed by atoms with E-state index in [1.807, 2.05) is 31.2 Å². The first-order valence-electron chi connectivity index (χ1n) is 6.24. The average molecular weight is 266 g/mol. The molecule has 0 spiro atoms. The second-order valence-corrected chi connectivity index (χ2v) is 7.32. The van der Waals surface area contributed by atoms with Crippen LogP contribution in [0.1, 0.15) is 29.9 Å². The van der Waals surface area contributed by atoms with Crippen molar-refractivity contribution in [1.82, 2.24) is 0 Å². The molecule has 0 radical (unpaired) electrons. The lowest BCUT2D eigenvalue weighted by molar-refractivity contribution is -0.110. The largest absolute Gasteiger partial charge is 0.303 e. The summed E-state index contributed by atoms with van der Waals surface area (Å²) in [5.74, 6) is 0.0517. The first-order valence-corrected chi connectivity index (χ1v) is 8.06. The third kappa shape index (κ3) is 2.99. The molecule has 0 aromatic heterocycles. The molecule has 1 aliphatic rings. The zero-order valence-electron chi connectivity index (χ0n) is 10.5. The van der Waals surface area contributed by atoms with Gasteiger partial charge < -0.3 is 4.79 Å². The van der Waals surface area contributed by atoms with Crippen molar-refractivity contribution >= 4 is 16.1 Å². The summed E-state index contributed by atoms with van der Waals surface area (Å²) in [6, 6.07) is 7.77. The molecule has 0 amide bonds. The van der Waals surface area contributed by atoms with E-state index in [2.05, 4.69) is 0 Å². The Morgan fingerprint density at radius 3 is 2.78 bits per heavy atom. The van der Waals surface area contributed by atoms with Crippen LogP contribution in [0.5, 0.6) is 0 Å². The van der Waals surface area contributed by atoms with Crippen LogP contribution in [-0.2, 0) is 14.6 Å². The minimum atomic E-state index is -2.96. The Morgan fingerprint density at radius 1 is 1.39 bits per heavy atom. The van der Waals surface area contributed by atoms with E-state index in [4.69, 9.17) is 0 Å². The van der Waals surface area contributed by atoms with E-state index in [0.717, 1.165) is 23.8 Å². The number of sulfone groups is 1. The Kier molecular flexibility index (Phi) is 3.85. The van der Waals surface area contributed by atoms with Gasteiger partial charge in [0.15, 0.2) is 9.84 Å². The lowest BCUT2D eigenvalue weighted by Gasteiger charge is -2.27. The van der Waals surface area contributed by atoms with Crippen LogP contribution in [0, 0.1) is 12.8 Å². The smallest absolute Gasteiger partial charge is 0.150 e. The van der Waals surface area contributed by atoms with Gasteiger partial charge in [-0.25, -0.2) is 8.42 Å². The summed E-state index contributed by atoms with van der Waals surface area (Å²) >= 11 is 0. The molecule has 18 heavy (non-hydrogen) atoms. The topological polar surface area (TPSA) is 51.2 Å². The predicted molar refractivity (Wildman–Crippen MR) is 71.4 cm³/mol. The van der Waals surface area contributed by atoms with Gasteiger partial charge in [0.1, 0.15) is 6.29 Å². The number of hydrogen-bond donors (Lipinski definition) is 0. The summed E-state index contributed by atoms with van der Waals surface area (Å²) in [5, 5.41) is 0. The highest BCUT2D eigenvalue weighted by Crippen LogP contribution is 2.31. The second kappa shape index (κ2) is 5.22. The molecule has 0 N–H and O–H groups in total. The number of aldehydes is 1. The molecule has 1 aromatic carbocycles. The fourth-order valence-electron chi connectivity index (χ4n) is 2.68. The van der Waals surface area contributed by atoms with E-state index in [0.29, 0.717) is 6.42 Å². The van der Waals surface area contributed by atoms with Crippen molar-refractivity contribution < 1.29 is 13.2 Å². The molecule has 0 aliphatic carbocycles. The Bertz CT molecular complexity index is 534. The van der Waals surface area contributed by atoms with Gasteiger partial charge in [-0.1, -0.05) is 29.8 Å². The summed E-state index contributed by atoms with van der Waals surface area (Å²) in [7, 11) is -2.96. The second-order valence-electron chi connectivity index (χ2n) is 5.09. The van der Waals surface area contributed by atoms with Crippen LogP contribution >= 0.6 is 0 Å². The van der Waals surface area contributed by atoms with E-state index >= 15 is 0 Å². The summed E-state index contributed by atoms with van der Waals surface area (Å²) < 4.78 is 23.3. The van der Waals surface area contributed by atoms with Crippen molar-refractivity contribution in [2.45, 2.75) is 25.7 Å². The van der Waals surface area contributed by atoms with Crippen molar-refractivity contribution in [2.24, 2.45) is 5.92 Å². The van der Waals surface area contributed by atoms with Crippen LogP contribution in [0.4, 0.5) is 0 Å². The van der Waals surface area contributed by atoms with Crippen LogP contribution in [-0.4, -0.2) is 26.2 Å². The van der Waals surface area contributed by atoms with Crippen molar-refractivity contribution in [3.05, 3.63) is 35.4 Å². The van der Waals surface area contributed by atoms with E-state index in [9.17, 15) is 13.2 Å². The van der Waals surface area contributed by atoms with Crippen LogP contribution in [0.25, 0.3) is 0 Å². The van der Waals surface area contributed by atoms with Crippen LogP contribution < -0.4 is 0 Å². The highest BCUT2D eigenvalue weighted by molar-refractivity contribution is 7.91. The molecule has 1 fully saturated rings. The number of benzene rings is 1. The van der Waals surface area contributed by atoms with Gasteiger partial charge in [0, 0.05) is 5.92 Å². The predicted octanol–water partition coefficient (Wildman–Crippen LogP) is 2.10. The first-order chi connectivity index (χ1) is 8.52. The minimum Gasteiger partial charge on any atom is -0.303 e. The molecule has 98 valence electrons. The summed E-state index contributed by atoms with van der Waals surface area (Å²) in [5.41, 5.74) is 2.03. The Morgan fingerprint density at radius 2 is 2.17 bits per heavy atom. The molecule has 1 saturated heterocycles. The maximum atomic E-state index is 11.7. The van der Waals surface area contributed by atoms with E-state index in [-0.39, 0.29) is 23.3 Å². The van der Waals surface area contributed by atoms with Gasteiger partial charge in [-0.05, 0) is 31.2 Å². The van der Waals surface area contributed by atoms with Crippen LogP contribution in [0.15, 0.2) is 24.3 Å². The molecule has 1 heterocycles. The van der Waals surface area contributed by atoms with Crippen molar-refractivity contribution in [3.63, 3.8) is 0 Å². The van der Waals surface area contributed by atoms with Crippen molar-refractivity contribution in [2.75, 3.05) is 11.5 Å². The average Bonchev–Trinajstić information content (AvgIpc) is 2.29. The first kappa shape index (κ1) is 13.3. The molecule has 3 nitrogen and oxygen atoms in total. The molecule has 2 atom stereocenters. The summed E-state index contributed by atoms with van der Waals surface area (Å²) in [6.45, 7) is 1.98. The maximum absolute atomic E-state index is 11.7. The van der Waals surface area contributed by atoms with Crippen molar-refractivity contribution in [3.8, 4) is 0 Å². The lowest BCUT2D eigenvalue weighted by atomic mass is 9.85. The molecule has 1 aliphatic heterocycles. The number of carbonyl (C=O) groups excluding carboxylic acids is 1. The molecule has 0 saturated carbocycles. The molecule has 0 bridgehead atoms. The highest BCUT2D eigenvalue weighted by atomic mass is 32.2. The fourth-order valence-corrected chi connectivity index (χ4v) is 4.48. The van der Waals surface area contributed by atoms with Crippen molar-refractivity contribution in [1.29, 1.82) is 0 Å². The number of rotatable bonds is 3. The van der Waals surface area contributed by atoms with Gasteiger partial charge in [-0.2, -0.15) is 0 Å². The quantitative estimate of drug-likeness (QED) is 0.787. The molecule has 2 unspecified atom stereocenters. The normalized spacial score (nSPS) is 24.4. The molecule has 2 rings (SSSR count). The minimum absolute atomic E-state index is 0.0666. The van der Waals surface area contributed by atoms with Gasteiger partial charge in [0.2, 0.25) is 0 Å². The van der Waals surface area contributed by atoms with Gasteiger partial charge in [0.05, 0.1) is 11.5 Å². The SMILES string of the molecule is Cc1cccc(C(C=O)C2CCCS(=O)(=O)C2)c1. The van der Waals surface area contributed by atoms with Gasteiger partial charge >= 0.3 is 0 Å². The third-order valence-corrected chi connectivity index (χ3v) is 5.43. The van der Waals surface area contributed by atoms with E-state index in [1.165, 1.54) is 0 Å². The van der Waals surface area contributed by atoms with Gasteiger partial charge in [-0.15, -0.1) is 0 Å². The van der Waals surface area contributed by atoms with Crippen LogP contribution in [0.3, 0.4) is 0 Å². The zero-order valence-corrected chi connectivity index (χ0v) is 11.3. The van der Waals surface area contributed by atoms with Crippen LogP contribution in [0.2, 0.25) is 0 Å².